The highest BCUT2D eigenvalue weighted by Gasteiger charge is 2.29. The molecule has 3 nitrogen and oxygen atoms in total. The van der Waals surface area contributed by atoms with Gasteiger partial charge >= 0.3 is 0 Å². The molecular weight excluding hydrogens is 326 g/mol. The van der Waals surface area contributed by atoms with Crippen LogP contribution < -0.4 is 10.6 Å². The second-order valence-electron chi connectivity index (χ2n) is 6.60. The molecule has 0 amide bonds. The molecule has 2 aliphatic rings. The van der Waals surface area contributed by atoms with Gasteiger partial charge in [-0.1, -0.05) is 12.5 Å². The Kier molecular flexibility index (Phi) is 4.87. The maximum Gasteiger partial charge on any atom is 0.0511 e. The Balaban J connectivity index is 1.71. The van der Waals surface area contributed by atoms with Gasteiger partial charge in [0.1, 0.15) is 0 Å². The van der Waals surface area contributed by atoms with Gasteiger partial charge in [0.15, 0.2) is 0 Å². The number of fused-ring (bicyclic) bond motifs is 1. The summed E-state index contributed by atoms with van der Waals surface area (Å²) in [5.74, 6) is 0. The van der Waals surface area contributed by atoms with Gasteiger partial charge in [-0.2, -0.15) is 0 Å². The highest BCUT2D eigenvalue weighted by Crippen LogP contribution is 2.31. The van der Waals surface area contributed by atoms with Gasteiger partial charge in [-0.25, -0.2) is 0 Å². The van der Waals surface area contributed by atoms with Crippen molar-refractivity contribution in [2.45, 2.75) is 44.7 Å². The van der Waals surface area contributed by atoms with Crippen molar-refractivity contribution in [3.63, 3.8) is 0 Å². The lowest BCUT2D eigenvalue weighted by Gasteiger charge is -2.45. The molecule has 1 aromatic carbocycles. The van der Waals surface area contributed by atoms with Crippen molar-refractivity contribution < 1.29 is 0 Å². The summed E-state index contributed by atoms with van der Waals surface area (Å²) in [6.07, 6.45) is 5.07. The molecular formula is C17H26BrN3. The van der Waals surface area contributed by atoms with Crippen LogP contribution in [0.15, 0.2) is 22.7 Å². The Morgan fingerprint density at radius 2 is 2.14 bits per heavy atom. The molecule has 0 spiro atoms. The van der Waals surface area contributed by atoms with Gasteiger partial charge in [-0.15, -0.1) is 0 Å². The second kappa shape index (κ2) is 6.67. The minimum absolute atomic E-state index is 0.216. The largest absolute Gasteiger partial charge is 0.368 e. The van der Waals surface area contributed by atoms with E-state index in [4.69, 9.17) is 5.73 Å². The fourth-order valence-corrected chi connectivity index (χ4v) is 4.36. The number of piperazine rings is 1. The molecule has 21 heavy (non-hydrogen) atoms. The zero-order valence-corrected chi connectivity index (χ0v) is 14.5. The van der Waals surface area contributed by atoms with Crippen molar-refractivity contribution in [2.24, 2.45) is 5.73 Å². The maximum atomic E-state index is 5.90. The van der Waals surface area contributed by atoms with Crippen LogP contribution in [0.2, 0.25) is 0 Å². The normalized spacial score (nSPS) is 24.7. The van der Waals surface area contributed by atoms with E-state index in [1.165, 1.54) is 54.6 Å². The Morgan fingerprint density at radius 3 is 2.90 bits per heavy atom. The first-order valence-corrected chi connectivity index (χ1v) is 8.96. The van der Waals surface area contributed by atoms with Crippen LogP contribution in [0.1, 0.15) is 31.7 Å². The fraction of sp³-hybridized carbons (Fsp3) is 0.647. The van der Waals surface area contributed by atoms with Crippen LogP contribution in [0, 0.1) is 0 Å². The number of rotatable bonds is 3. The molecule has 0 aromatic heterocycles. The van der Waals surface area contributed by atoms with E-state index in [0.29, 0.717) is 0 Å². The number of benzene rings is 1. The van der Waals surface area contributed by atoms with E-state index in [9.17, 15) is 0 Å². The molecule has 2 N–H and O–H groups in total. The first-order chi connectivity index (χ1) is 10.1. The molecule has 3 rings (SSSR count). The first kappa shape index (κ1) is 15.3. The Bertz CT molecular complexity index is 489. The van der Waals surface area contributed by atoms with Gasteiger partial charge in [0.25, 0.3) is 0 Å². The van der Waals surface area contributed by atoms with Crippen molar-refractivity contribution >= 4 is 21.6 Å². The minimum atomic E-state index is 0.216. The van der Waals surface area contributed by atoms with E-state index in [1.807, 2.05) is 0 Å². The third-order valence-electron chi connectivity index (χ3n) is 4.75. The number of hydrogen-bond donors (Lipinski definition) is 1. The summed E-state index contributed by atoms with van der Waals surface area (Å²) in [5.41, 5.74) is 8.56. The van der Waals surface area contributed by atoms with E-state index in [1.54, 1.807) is 0 Å². The standard InChI is InChI=1S/C17H26BrN3/c1-13(19)10-14-5-6-17(16(18)11-14)21-9-8-20-7-3-2-4-15(20)12-21/h5-6,11,13,15H,2-4,7-10,12,19H2,1H3. The van der Waals surface area contributed by atoms with E-state index in [2.05, 4.69) is 50.9 Å². The number of nitrogens with zero attached hydrogens (tertiary/aromatic N) is 2. The molecule has 1 aromatic rings. The Morgan fingerprint density at radius 1 is 1.29 bits per heavy atom. The summed E-state index contributed by atoms with van der Waals surface area (Å²) >= 11 is 3.76. The quantitative estimate of drug-likeness (QED) is 0.908. The monoisotopic (exact) mass is 351 g/mol. The molecule has 4 heteroatoms. The van der Waals surface area contributed by atoms with Gasteiger partial charge in [0.05, 0.1) is 5.69 Å². The number of piperidine rings is 1. The van der Waals surface area contributed by atoms with Crippen molar-refractivity contribution in [3.05, 3.63) is 28.2 Å². The van der Waals surface area contributed by atoms with Crippen LogP contribution >= 0.6 is 15.9 Å². The van der Waals surface area contributed by atoms with E-state index in [-0.39, 0.29) is 6.04 Å². The highest BCUT2D eigenvalue weighted by molar-refractivity contribution is 9.10. The van der Waals surface area contributed by atoms with Gasteiger partial charge in [-0.05, 0) is 66.4 Å². The Labute approximate surface area is 136 Å². The van der Waals surface area contributed by atoms with E-state index >= 15 is 0 Å². The zero-order valence-electron chi connectivity index (χ0n) is 12.9. The number of nitrogens with two attached hydrogens (primary N) is 1. The van der Waals surface area contributed by atoms with Crippen molar-refractivity contribution in [1.82, 2.24) is 4.90 Å². The van der Waals surface area contributed by atoms with Gasteiger partial charge < -0.3 is 10.6 Å². The topological polar surface area (TPSA) is 32.5 Å². The SMILES string of the molecule is CC(N)Cc1ccc(N2CCN3CCCCC3C2)c(Br)c1. The second-order valence-corrected chi connectivity index (χ2v) is 7.45. The maximum absolute atomic E-state index is 5.90. The van der Waals surface area contributed by atoms with E-state index in [0.717, 1.165) is 19.0 Å². The molecule has 0 saturated carbocycles. The third kappa shape index (κ3) is 3.61. The van der Waals surface area contributed by atoms with E-state index < -0.39 is 0 Å². The Hall–Kier alpha value is -0.580. The molecule has 0 aliphatic carbocycles. The van der Waals surface area contributed by atoms with Crippen LogP contribution in [-0.2, 0) is 6.42 Å². The molecule has 0 radical (unpaired) electrons. The van der Waals surface area contributed by atoms with Crippen LogP contribution in [0.5, 0.6) is 0 Å². The summed E-state index contributed by atoms with van der Waals surface area (Å²) in [5, 5.41) is 0. The summed E-state index contributed by atoms with van der Waals surface area (Å²) in [6.45, 7) is 6.88. The van der Waals surface area contributed by atoms with Gasteiger partial charge in [0.2, 0.25) is 0 Å². The lowest BCUT2D eigenvalue weighted by molar-refractivity contribution is 0.133. The van der Waals surface area contributed by atoms with Crippen molar-refractivity contribution in [2.75, 3.05) is 31.1 Å². The van der Waals surface area contributed by atoms with Crippen molar-refractivity contribution in [3.8, 4) is 0 Å². The fourth-order valence-electron chi connectivity index (χ4n) is 3.68. The number of hydrogen-bond acceptors (Lipinski definition) is 3. The van der Waals surface area contributed by atoms with Crippen LogP contribution in [0.25, 0.3) is 0 Å². The molecule has 2 heterocycles. The molecule has 2 fully saturated rings. The smallest absolute Gasteiger partial charge is 0.0511 e. The summed E-state index contributed by atoms with van der Waals surface area (Å²) < 4.78 is 1.21. The zero-order chi connectivity index (χ0) is 14.8. The predicted molar refractivity (Wildman–Crippen MR) is 92.9 cm³/mol. The first-order valence-electron chi connectivity index (χ1n) is 8.16. The molecule has 0 bridgehead atoms. The number of anilines is 1. The summed E-state index contributed by atoms with van der Waals surface area (Å²) in [4.78, 5) is 5.23. The average molecular weight is 352 g/mol. The third-order valence-corrected chi connectivity index (χ3v) is 5.38. The summed E-state index contributed by atoms with van der Waals surface area (Å²) in [7, 11) is 0. The lowest BCUT2D eigenvalue weighted by Crippen LogP contribution is -2.55. The molecule has 2 aliphatic heterocycles. The minimum Gasteiger partial charge on any atom is -0.368 e. The van der Waals surface area contributed by atoms with Gasteiger partial charge in [0, 0.05) is 36.2 Å². The molecule has 2 saturated heterocycles. The predicted octanol–water partition coefficient (Wildman–Crippen LogP) is 3.01. The van der Waals surface area contributed by atoms with Crippen LogP contribution in [-0.4, -0.2) is 43.2 Å². The number of halogens is 1. The van der Waals surface area contributed by atoms with Crippen LogP contribution in [0.4, 0.5) is 5.69 Å². The van der Waals surface area contributed by atoms with Crippen molar-refractivity contribution in [1.29, 1.82) is 0 Å². The molecule has 2 atom stereocenters. The summed E-state index contributed by atoms with van der Waals surface area (Å²) in [6, 6.07) is 7.71. The molecule has 116 valence electrons. The average Bonchev–Trinajstić information content (AvgIpc) is 2.46. The lowest BCUT2D eigenvalue weighted by atomic mass is 9.99. The van der Waals surface area contributed by atoms with Gasteiger partial charge in [-0.3, -0.25) is 4.90 Å². The highest BCUT2D eigenvalue weighted by atomic mass is 79.9. The van der Waals surface area contributed by atoms with Crippen LogP contribution in [0.3, 0.4) is 0 Å². The molecule has 2 unspecified atom stereocenters.